The lowest BCUT2D eigenvalue weighted by molar-refractivity contribution is -0.137. The van der Waals surface area contributed by atoms with E-state index in [1.807, 2.05) is 20.8 Å². The number of nitrogens with one attached hydrogen (secondary N) is 1. The van der Waals surface area contributed by atoms with Gasteiger partial charge in [0, 0.05) is 25.7 Å². The third-order valence-electron chi connectivity index (χ3n) is 3.39. The van der Waals surface area contributed by atoms with Crippen molar-refractivity contribution in [3.63, 3.8) is 0 Å². The third kappa shape index (κ3) is 7.32. The maximum absolute atomic E-state index is 12.4. The monoisotopic (exact) mass is 300 g/mol. The van der Waals surface area contributed by atoms with Crippen LogP contribution in [0.1, 0.15) is 46.5 Å². The Bertz CT molecular complexity index is 361. The summed E-state index contributed by atoms with van der Waals surface area (Å²) in [7, 11) is 1.61. The third-order valence-corrected chi connectivity index (χ3v) is 3.39. The number of ether oxygens (including phenoxy) is 1. The summed E-state index contributed by atoms with van der Waals surface area (Å²) < 4.78 is 5.03. The van der Waals surface area contributed by atoms with Crippen molar-refractivity contribution in [2.75, 3.05) is 20.3 Å². The summed E-state index contributed by atoms with van der Waals surface area (Å²) >= 11 is 0. The molecule has 0 radical (unpaired) electrons. The molecule has 1 saturated carbocycles. The van der Waals surface area contributed by atoms with Crippen LogP contribution in [-0.2, 0) is 9.53 Å². The van der Waals surface area contributed by atoms with Gasteiger partial charge in [0.1, 0.15) is 0 Å². The molecule has 0 bridgehead atoms. The average molecular weight is 300 g/mol. The fraction of sp³-hybridized carbons (Fsp3) is 0.867. The maximum atomic E-state index is 12.4. The van der Waals surface area contributed by atoms with Gasteiger partial charge in [-0.2, -0.15) is 0 Å². The first-order valence-corrected chi connectivity index (χ1v) is 7.51. The summed E-state index contributed by atoms with van der Waals surface area (Å²) in [6.07, 6.45) is 2.61. The summed E-state index contributed by atoms with van der Waals surface area (Å²) in [6, 6.07) is -0.246. The molecular weight excluding hydrogens is 272 g/mol. The van der Waals surface area contributed by atoms with Gasteiger partial charge < -0.3 is 20.1 Å². The second kappa shape index (κ2) is 7.64. The second-order valence-corrected chi connectivity index (χ2v) is 6.93. The zero-order chi connectivity index (χ0) is 16.0. The van der Waals surface area contributed by atoms with Crippen LogP contribution >= 0.6 is 0 Å². The van der Waals surface area contributed by atoms with Crippen LogP contribution in [0.2, 0.25) is 0 Å². The molecule has 0 aromatic rings. The molecule has 1 aliphatic rings. The number of nitrogens with zero attached hydrogens (tertiary/aromatic N) is 1. The van der Waals surface area contributed by atoms with Gasteiger partial charge in [-0.05, 0) is 24.7 Å². The number of amides is 2. The standard InChI is InChI=1S/C15H28N2O4/c1-15(2,3)10-11(9-13(18)19)16-14(20)17(7-8-21-4)12-5-6-12/h11-12H,5-10H2,1-4H3,(H,16,20)(H,18,19). The Hall–Kier alpha value is -1.30. The molecule has 0 saturated heterocycles. The van der Waals surface area contributed by atoms with Gasteiger partial charge in [0.05, 0.1) is 13.0 Å². The quantitative estimate of drug-likeness (QED) is 0.719. The number of carbonyl (C=O) groups is 2. The van der Waals surface area contributed by atoms with E-state index in [0.717, 1.165) is 12.8 Å². The van der Waals surface area contributed by atoms with Crippen molar-refractivity contribution >= 4 is 12.0 Å². The van der Waals surface area contributed by atoms with E-state index in [4.69, 9.17) is 9.84 Å². The molecule has 1 fully saturated rings. The number of methoxy groups -OCH3 is 1. The van der Waals surface area contributed by atoms with Gasteiger partial charge in [-0.15, -0.1) is 0 Å². The molecule has 0 aliphatic heterocycles. The topological polar surface area (TPSA) is 78.9 Å². The molecule has 6 heteroatoms. The number of carbonyl (C=O) groups excluding carboxylic acids is 1. The second-order valence-electron chi connectivity index (χ2n) is 6.93. The minimum Gasteiger partial charge on any atom is -0.481 e. The number of hydrogen-bond acceptors (Lipinski definition) is 3. The fourth-order valence-electron chi connectivity index (χ4n) is 2.41. The highest BCUT2D eigenvalue weighted by Gasteiger charge is 2.33. The molecule has 1 unspecified atom stereocenters. The van der Waals surface area contributed by atoms with Crippen LogP contribution in [0.3, 0.4) is 0 Å². The Morgan fingerprint density at radius 3 is 2.43 bits per heavy atom. The highest BCUT2D eigenvalue weighted by atomic mass is 16.5. The molecule has 0 heterocycles. The van der Waals surface area contributed by atoms with Gasteiger partial charge in [0.15, 0.2) is 0 Å². The molecule has 6 nitrogen and oxygen atoms in total. The Morgan fingerprint density at radius 2 is 2.00 bits per heavy atom. The zero-order valence-electron chi connectivity index (χ0n) is 13.5. The molecule has 122 valence electrons. The average Bonchev–Trinajstić information content (AvgIpc) is 3.10. The first-order chi connectivity index (χ1) is 9.73. The smallest absolute Gasteiger partial charge is 0.317 e. The van der Waals surface area contributed by atoms with E-state index in [0.29, 0.717) is 19.6 Å². The Balaban J connectivity index is 2.61. The van der Waals surface area contributed by atoms with Crippen LogP contribution in [0.4, 0.5) is 4.79 Å². The van der Waals surface area contributed by atoms with Crippen molar-refractivity contribution in [1.82, 2.24) is 10.2 Å². The van der Waals surface area contributed by atoms with Crippen LogP contribution in [0.5, 0.6) is 0 Å². The Labute approximate surface area is 126 Å². The molecule has 1 aliphatic carbocycles. The summed E-state index contributed by atoms with van der Waals surface area (Å²) in [4.78, 5) is 25.1. The maximum Gasteiger partial charge on any atom is 0.317 e. The van der Waals surface area contributed by atoms with Crippen molar-refractivity contribution in [2.45, 2.75) is 58.5 Å². The molecular formula is C15H28N2O4. The van der Waals surface area contributed by atoms with Crippen molar-refractivity contribution in [3.05, 3.63) is 0 Å². The van der Waals surface area contributed by atoms with Gasteiger partial charge in [0.2, 0.25) is 0 Å². The van der Waals surface area contributed by atoms with Crippen LogP contribution in [0.25, 0.3) is 0 Å². The number of hydrogen-bond donors (Lipinski definition) is 2. The van der Waals surface area contributed by atoms with Crippen LogP contribution in [0.15, 0.2) is 0 Å². The van der Waals surface area contributed by atoms with Crippen LogP contribution < -0.4 is 5.32 Å². The van der Waals surface area contributed by atoms with E-state index in [1.165, 1.54) is 0 Å². The van der Waals surface area contributed by atoms with Crippen molar-refractivity contribution in [3.8, 4) is 0 Å². The van der Waals surface area contributed by atoms with Crippen LogP contribution in [0, 0.1) is 5.41 Å². The summed E-state index contributed by atoms with van der Waals surface area (Å²) in [6.45, 7) is 7.15. The molecule has 21 heavy (non-hydrogen) atoms. The normalized spacial score (nSPS) is 16.4. The highest BCUT2D eigenvalue weighted by Crippen LogP contribution is 2.27. The fourth-order valence-corrected chi connectivity index (χ4v) is 2.41. The van der Waals surface area contributed by atoms with Gasteiger partial charge in [-0.25, -0.2) is 4.79 Å². The summed E-state index contributed by atoms with van der Waals surface area (Å²) in [5.74, 6) is -0.889. The van der Waals surface area contributed by atoms with Crippen molar-refractivity contribution < 1.29 is 19.4 Å². The van der Waals surface area contributed by atoms with Crippen LogP contribution in [-0.4, -0.2) is 54.4 Å². The first-order valence-electron chi connectivity index (χ1n) is 7.51. The van der Waals surface area contributed by atoms with Crippen molar-refractivity contribution in [1.29, 1.82) is 0 Å². The molecule has 1 atom stereocenters. The first kappa shape index (κ1) is 17.8. The van der Waals surface area contributed by atoms with E-state index >= 15 is 0 Å². The Morgan fingerprint density at radius 1 is 1.38 bits per heavy atom. The number of urea groups is 1. The van der Waals surface area contributed by atoms with Gasteiger partial charge in [0.25, 0.3) is 0 Å². The Kier molecular flexibility index (Phi) is 6.45. The molecule has 0 aromatic heterocycles. The highest BCUT2D eigenvalue weighted by molar-refractivity contribution is 5.76. The molecule has 2 N–H and O–H groups in total. The predicted molar refractivity (Wildman–Crippen MR) is 80.2 cm³/mol. The number of carboxylic acid groups (broad SMARTS) is 1. The van der Waals surface area contributed by atoms with Gasteiger partial charge in [-0.3, -0.25) is 4.79 Å². The molecule has 2 amide bonds. The number of carboxylic acids is 1. The minimum absolute atomic E-state index is 0.0374. The van der Waals surface area contributed by atoms with E-state index in [2.05, 4.69) is 5.32 Å². The number of rotatable bonds is 8. The predicted octanol–water partition coefficient (Wildman–Crippen LogP) is 2.09. The molecule has 0 aromatic carbocycles. The van der Waals surface area contributed by atoms with E-state index in [-0.39, 0.29) is 30.0 Å². The lowest BCUT2D eigenvalue weighted by atomic mass is 9.87. The van der Waals surface area contributed by atoms with E-state index in [9.17, 15) is 9.59 Å². The van der Waals surface area contributed by atoms with E-state index in [1.54, 1.807) is 12.0 Å². The van der Waals surface area contributed by atoms with Gasteiger partial charge in [-0.1, -0.05) is 20.8 Å². The zero-order valence-corrected chi connectivity index (χ0v) is 13.5. The summed E-state index contributed by atoms with van der Waals surface area (Å²) in [5.41, 5.74) is -0.0374. The SMILES string of the molecule is COCCN(C(=O)NC(CC(=O)O)CC(C)(C)C)C1CC1. The van der Waals surface area contributed by atoms with Crippen molar-refractivity contribution in [2.24, 2.45) is 5.41 Å². The van der Waals surface area contributed by atoms with Gasteiger partial charge >= 0.3 is 12.0 Å². The lowest BCUT2D eigenvalue weighted by Gasteiger charge is -2.29. The minimum atomic E-state index is -0.889. The molecule has 0 spiro atoms. The number of aliphatic carboxylic acids is 1. The van der Waals surface area contributed by atoms with E-state index < -0.39 is 5.97 Å². The summed E-state index contributed by atoms with van der Waals surface area (Å²) in [5, 5.41) is 11.9. The largest absolute Gasteiger partial charge is 0.481 e. The molecule has 1 rings (SSSR count). The lowest BCUT2D eigenvalue weighted by Crippen LogP contribution is -2.48.